The highest BCUT2D eigenvalue weighted by atomic mass is 16.2. The van der Waals surface area contributed by atoms with Crippen LogP contribution in [0.25, 0.3) is 0 Å². The molecule has 0 rings (SSSR count). The molecule has 0 aliphatic rings. The van der Waals surface area contributed by atoms with Gasteiger partial charge >= 0.3 is 0 Å². The Kier molecular flexibility index (Phi) is 4.04. The Bertz CT molecular complexity index is 228. The lowest BCUT2D eigenvalue weighted by Crippen LogP contribution is -2.27. The molecule has 0 heterocycles. The molecule has 12 heavy (non-hydrogen) atoms. The van der Waals surface area contributed by atoms with Crippen LogP contribution in [0, 0.1) is 0 Å². The molecule has 0 radical (unpaired) electrons. The number of rotatable bonds is 2. The zero-order valence-electron chi connectivity index (χ0n) is 7.96. The topological polar surface area (TPSA) is 58.7 Å². The Labute approximate surface area is 72.8 Å². The second-order valence-electron chi connectivity index (χ2n) is 2.66. The molecule has 0 aliphatic carbocycles. The van der Waals surface area contributed by atoms with Gasteiger partial charge in [0.15, 0.2) is 0 Å². The quantitative estimate of drug-likeness (QED) is 0.467. The van der Waals surface area contributed by atoms with Crippen LogP contribution in [-0.4, -0.2) is 37.7 Å². The van der Waals surface area contributed by atoms with Crippen molar-refractivity contribution in [3.05, 3.63) is 11.8 Å². The largest absolute Gasteiger partial charge is 0.394 e. The van der Waals surface area contributed by atoms with Gasteiger partial charge in [-0.25, -0.2) is 0 Å². The van der Waals surface area contributed by atoms with Gasteiger partial charge in [-0.2, -0.15) is 0 Å². The fourth-order valence-corrected chi connectivity index (χ4v) is 0.610. The van der Waals surface area contributed by atoms with Crippen LogP contribution in [0.3, 0.4) is 0 Å². The van der Waals surface area contributed by atoms with Crippen molar-refractivity contribution in [1.82, 2.24) is 4.90 Å². The number of aliphatic imine (C=N–C) groups is 1. The van der Waals surface area contributed by atoms with Crippen molar-refractivity contribution in [2.45, 2.75) is 6.92 Å². The second-order valence-corrected chi connectivity index (χ2v) is 2.66. The van der Waals surface area contributed by atoms with E-state index in [-0.39, 0.29) is 11.6 Å². The SMILES string of the molecule is CN=C(C)C=C(N)C(=O)N(C)C. The van der Waals surface area contributed by atoms with Gasteiger partial charge in [-0.3, -0.25) is 9.79 Å². The van der Waals surface area contributed by atoms with Crippen LogP contribution in [-0.2, 0) is 4.79 Å². The molecule has 0 aromatic heterocycles. The third-order valence-electron chi connectivity index (χ3n) is 1.37. The lowest BCUT2D eigenvalue weighted by Gasteiger charge is -2.09. The van der Waals surface area contributed by atoms with Crippen molar-refractivity contribution in [3.63, 3.8) is 0 Å². The minimum absolute atomic E-state index is 0.196. The number of allylic oxidation sites excluding steroid dienone is 1. The van der Waals surface area contributed by atoms with E-state index in [4.69, 9.17) is 5.73 Å². The number of hydrogen-bond acceptors (Lipinski definition) is 3. The Morgan fingerprint density at radius 1 is 1.50 bits per heavy atom. The molecular weight excluding hydrogens is 154 g/mol. The summed E-state index contributed by atoms with van der Waals surface area (Å²) >= 11 is 0. The molecule has 0 aromatic carbocycles. The highest BCUT2D eigenvalue weighted by Crippen LogP contribution is 1.91. The van der Waals surface area contributed by atoms with E-state index in [2.05, 4.69) is 4.99 Å². The zero-order valence-corrected chi connectivity index (χ0v) is 7.96. The standard InChI is InChI=1S/C8H15N3O/c1-6(10-2)5-7(9)8(12)11(3)4/h5H,9H2,1-4H3. The van der Waals surface area contributed by atoms with Crippen molar-refractivity contribution in [2.75, 3.05) is 21.1 Å². The summed E-state index contributed by atoms with van der Waals surface area (Å²) in [6.45, 7) is 1.79. The minimum atomic E-state index is -0.196. The van der Waals surface area contributed by atoms with Crippen LogP contribution in [0.4, 0.5) is 0 Å². The van der Waals surface area contributed by atoms with Gasteiger partial charge in [0.05, 0.1) is 5.70 Å². The van der Waals surface area contributed by atoms with Crippen LogP contribution >= 0.6 is 0 Å². The number of nitrogens with zero attached hydrogens (tertiary/aromatic N) is 2. The number of likely N-dealkylation sites (N-methyl/N-ethyl adjacent to an activating group) is 1. The summed E-state index contributed by atoms with van der Waals surface area (Å²) in [4.78, 5) is 16.5. The molecule has 0 bridgehead atoms. The van der Waals surface area contributed by atoms with Gasteiger partial charge in [0.25, 0.3) is 5.91 Å². The first kappa shape index (κ1) is 10.7. The summed E-state index contributed by atoms with van der Waals surface area (Å²) in [5, 5.41) is 0. The van der Waals surface area contributed by atoms with E-state index in [1.165, 1.54) is 4.90 Å². The lowest BCUT2D eigenvalue weighted by atomic mass is 10.3. The van der Waals surface area contributed by atoms with E-state index < -0.39 is 0 Å². The number of carbonyl (C=O) groups is 1. The van der Waals surface area contributed by atoms with Crippen LogP contribution in [0.5, 0.6) is 0 Å². The maximum atomic E-state index is 11.2. The number of nitrogens with two attached hydrogens (primary N) is 1. The maximum absolute atomic E-state index is 11.2. The van der Waals surface area contributed by atoms with Gasteiger partial charge in [0.1, 0.15) is 0 Å². The monoisotopic (exact) mass is 169 g/mol. The van der Waals surface area contributed by atoms with Crippen LogP contribution in [0.2, 0.25) is 0 Å². The molecule has 0 spiro atoms. The summed E-state index contributed by atoms with van der Waals surface area (Å²) in [6, 6.07) is 0. The molecule has 0 fully saturated rings. The summed E-state index contributed by atoms with van der Waals surface area (Å²) in [7, 11) is 4.96. The molecule has 0 unspecified atom stereocenters. The highest BCUT2D eigenvalue weighted by Gasteiger charge is 2.06. The summed E-state index contributed by atoms with van der Waals surface area (Å²) in [5.74, 6) is -0.196. The van der Waals surface area contributed by atoms with Crippen molar-refractivity contribution >= 4 is 11.6 Å². The molecule has 0 aliphatic heterocycles. The Morgan fingerprint density at radius 2 is 2.00 bits per heavy atom. The normalized spacial score (nSPS) is 13.0. The molecule has 4 nitrogen and oxygen atoms in total. The lowest BCUT2D eigenvalue weighted by molar-refractivity contribution is -0.124. The first-order chi connectivity index (χ1) is 5.49. The smallest absolute Gasteiger partial charge is 0.269 e. The van der Waals surface area contributed by atoms with Crippen LogP contribution < -0.4 is 5.73 Å². The van der Waals surface area contributed by atoms with Gasteiger partial charge in [-0.1, -0.05) is 0 Å². The summed E-state index contributed by atoms with van der Waals surface area (Å²) in [5.41, 5.74) is 6.43. The molecule has 0 saturated carbocycles. The summed E-state index contributed by atoms with van der Waals surface area (Å²) in [6.07, 6.45) is 1.56. The molecule has 0 aromatic rings. The van der Waals surface area contributed by atoms with Crippen molar-refractivity contribution in [1.29, 1.82) is 0 Å². The van der Waals surface area contributed by atoms with Crippen molar-refractivity contribution < 1.29 is 4.79 Å². The van der Waals surface area contributed by atoms with Crippen LogP contribution in [0.15, 0.2) is 16.8 Å². The van der Waals surface area contributed by atoms with Gasteiger partial charge < -0.3 is 10.6 Å². The molecule has 68 valence electrons. The molecule has 1 amide bonds. The second kappa shape index (κ2) is 4.54. The van der Waals surface area contributed by atoms with Crippen LogP contribution in [0.1, 0.15) is 6.92 Å². The predicted octanol–water partition coefficient (Wildman–Crippen LogP) is 0.00790. The average molecular weight is 169 g/mol. The number of hydrogen-bond donors (Lipinski definition) is 1. The van der Waals surface area contributed by atoms with Gasteiger partial charge in [0, 0.05) is 26.9 Å². The molecular formula is C8H15N3O. The van der Waals surface area contributed by atoms with Gasteiger partial charge in [0.2, 0.25) is 0 Å². The van der Waals surface area contributed by atoms with E-state index in [9.17, 15) is 4.79 Å². The van der Waals surface area contributed by atoms with E-state index in [0.29, 0.717) is 0 Å². The zero-order chi connectivity index (χ0) is 9.72. The van der Waals surface area contributed by atoms with Crippen molar-refractivity contribution in [3.8, 4) is 0 Å². The first-order valence-electron chi connectivity index (χ1n) is 3.61. The van der Waals surface area contributed by atoms with E-state index in [1.807, 2.05) is 0 Å². The number of amides is 1. The van der Waals surface area contributed by atoms with Gasteiger partial charge in [-0.05, 0) is 13.0 Å². The molecule has 0 atom stereocenters. The number of carbonyl (C=O) groups excluding carboxylic acids is 1. The predicted molar refractivity (Wildman–Crippen MR) is 50.0 cm³/mol. The fourth-order valence-electron chi connectivity index (χ4n) is 0.610. The van der Waals surface area contributed by atoms with E-state index in [1.54, 1.807) is 34.1 Å². The molecule has 0 saturated heterocycles. The Hall–Kier alpha value is -1.32. The third-order valence-corrected chi connectivity index (χ3v) is 1.37. The van der Waals surface area contributed by atoms with E-state index >= 15 is 0 Å². The maximum Gasteiger partial charge on any atom is 0.269 e. The third kappa shape index (κ3) is 3.18. The molecule has 4 heteroatoms. The van der Waals surface area contributed by atoms with Gasteiger partial charge in [-0.15, -0.1) is 0 Å². The minimum Gasteiger partial charge on any atom is -0.394 e. The summed E-state index contributed by atoms with van der Waals surface area (Å²) < 4.78 is 0. The Balaban J connectivity index is 4.49. The first-order valence-corrected chi connectivity index (χ1v) is 3.61. The molecule has 2 N–H and O–H groups in total. The van der Waals surface area contributed by atoms with E-state index in [0.717, 1.165) is 5.71 Å². The Morgan fingerprint density at radius 3 is 2.33 bits per heavy atom. The average Bonchev–Trinajstić information content (AvgIpc) is 2.02. The van der Waals surface area contributed by atoms with Crippen molar-refractivity contribution in [2.24, 2.45) is 10.7 Å². The highest BCUT2D eigenvalue weighted by molar-refractivity contribution is 6.02. The fraction of sp³-hybridized carbons (Fsp3) is 0.500.